The van der Waals surface area contributed by atoms with E-state index in [0.29, 0.717) is 43.4 Å². The molecule has 236 valence electrons. The number of nitrogens with zero attached hydrogens (tertiary/aromatic N) is 1. The van der Waals surface area contributed by atoms with Crippen LogP contribution >= 0.6 is 0 Å². The number of carbonyl (C=O) groups excluding carboxylic acids is 2. The molecule has 2 aromatic rings. The summed E-state index contributed by atoms with van der Waals surface area (Å²) in [5.74, 6) is 0.885. The highest BCUT2D eigenvalue weighted by Crippen LogP contribution is 2.34. The third-order valence-electron chi connectivity index (χ3n) is 7.86. The van der Waals surface area contributed by atoms with Crippen molar-refractivity contribution in [3.63, 3.8) is 0 Å². The first-order chi connectivity index (χ1) is 20.6. The van der Waals surface area contributed by atoms with E-state index in [1.54, 1.807) is 11.9 Å². The van der Waals surface area contributed by atoms with Gasteiger partial charge in [0.1, 0.15) is 23.1 Å². The predicted octanol–water partition coefficient (Wildman–Crippen LogP) is 7.70. The van der Waals surface area contributed by atoms with Crippen molar-refractivity contribution in [2.45, 2.75) is 111 Å². The molecule has 0 unspecified atom stereocenters. The zero-order valence-corrected chi connectivity index (χ0v) is 27.2. The van der Waals surface area contributed by atoms with E-state index in [1.165, 1.54) is 0 Å². The first-order valence-corrected chi connectivity index (χ1v) is 15.9. The van der Waals surface area contributed by atoms with Crippen LogP contribution in [0.25, 0.3) is 5.57 Å². The van der Waals surface area contributed by atoms with E-state index in [2.05, 4.69) is 31.8 Å². The Hall–Kier alpha value is -3.32. The van der Waals surface area contributed by atoms with Gasteiger partial charge in [0.25, 0.3) is 5.91 Å². The van der Waals surface area contributed by atoms with Crippen LogP contribution in [0.3, 0.4) is 0 Å². The van der Waals surface area contributed by atoms with E-state index in [-0.39, 0.29) is 18.0 Å². The second kappa shape index (κ2) is 16.5. The summed E-state index contributed by atoms with van der Waals surface area (Å²) in [5, 5.41) is 3.36. The molecule has 43 heavy (non-hydrogen) atoms. The molecule has 7 heteroatoms. The minimum Gasteiger partial charge on any atom is -0.493 e. The maximum atomic E-state index is 13.8. The lowest BCUT2D eigenvalue weighted by molar-refractivity contribution is -0.155. The number of unbranched alkanes of at least 4 members (excludes halogenated alkanes) is 2. The lowest BCUT2D eigenvalue weighted by atomic mass is 10.0. The summed E-state index contributed by atoms with van der Waals surface area (Å²) in [6, 6.07) is 11.8. The molecule has 0 saturated heterocycles. The highest BCUT2D eigenvalue weighted by Gasteiger charge is 2.32. The van der Waals surface area contributed by atoms with Gasteiger partial charge in [-0.2, -0.15) is 0 Å². The Balaban J connectivity index is 1.73. The van der Waals surface area contributed by atoms with Crippen molar-refractivity contribution in [2.75, 3.05) is 20.3 Å². The summed E-state index contributed by atoms with van der Waals surface area (Å²) in [5.41, 5.74) is 3.38. The van der Waals surface area contributed by atoms with Gasteiger partial charge >= 0.3 is 5.97 Å². The van der Waals surface area contributed by atoms with E-state index in [1.807, 2.05) is 51.1 Å². The molecule has 1 N–H and O–H groups in total. The molecule has 0 heterocycles. The average Bonchev–Trinajstić information content (AvgIpc) is 3.49. The smallest absolute Gasteiger partial charge is 0.326 e. The summed E-state index contributed by atoms with van der Waals surface area (Å²) >= 11 is 0. The minimum absolute atomic E-state index is 0.0406. The van der Waals surface area contributed by atoms with Crippen LogP contribution in [0.15, 0.2) is 43.0 Å². The van der Waals surface area contributed by atoms with Crippen LogP contribution in [0, 0.1) is 0 Å². The van der Waals surface area contributed by atoms with E-state index >= 15 is 0 Å². The van der Waals surface area contributed by atoms with Gasteiger partial charge in [0, 0.05) is 31.8 Å². The average molecular weight is 593 g/mol. The molecule has 7 nitrogen and oxygen atoms in total. The molecule has 0 atom stereocenters. The molecule has 0 aliphatic heterocycles. The molecule has 0 bridgehead atoms. The summed E-state index contributed by atoms with van der Waals surface area (Å²) in [6.45, 7) is 16.1. The Bertz CT molecular complexity index is 1230. The molecule has 2 aromatic carbocycles. The van der Waals surface area contributed by atoms with Crippen molar-refractivity contribution in [3.05, 3.63) is 65.2 Å². The van der Waals surface area contributed by atoms with E-state index in [4.69, 9.17) is 14.2 Å². The Morgan fingerprint density at radius 2 is 1.56 bits per heavy atom. The van der Waals surface area contributed by atoms with Gasteiger partial charge in [-0.3, -0.25) is 14.9 Å². The number of amides is 1. The SMILES string of the molecule is C=C(C)c1cc(C(=O)N(C)Cc2cccc(CNC(C)(C)C(=O)OC3CCCC3)c2)c(OCCCC)cc1OCCCC. The highest BCUT2D eigenvalue weighted by molar-refractivity contribution is 5.98. The largest absolute Gasteiger partial charge is 0.493 e. The topological polar surface area (TPSA) is 77.1 Å². The fourth-order valence-corrected chi connectivity index (χ4v) is 5.04. The molecule has 1 aliphatic rings. The van der Waals surface area contributed by atoms with Crippen LogP contribution in [0.4, 0.5) is 0 Å². The van der Waals surface area contributed by atoms with Gasteiger partial charge in [0.2, 0.25) is 0 Å². The molecule has 3 rings (SSSR count). The van der Waals surface area contributed by atoms with Gasteiger partial charge in [-0.15, -0.1) is 0 Å². The number of carbonyl (C=O) groups is 2. The van der Waals surface area contributed by atoms with E-state index < -0.39 is 5.54 Å². The maximum Gasteiger partial charge on any atom is 0.326 e. The third kappa shape index (κ3) is 10.1. The predicted molar refractivity (Wildman–Crippen MR) is 173 cm³/mol. The van der Waals surface area contributed by atoms with Crippen molar-refractivity contribution in [1.29, 1.82) is 0 Å². The fourth-order valence-electron chi connectivity index (χ4n) is 5.04. The summed E-state index contributed by atoms with van der Waals surface area (Å²) in [4.78, 5) is 28.3. The zero-order valence-electron chi connectivity index (χ0n) is 27.2. The molecule has 0 aromatic heterocycles. The van der Waals surface area contributed by atoms with E-state index in [0.717, 1.165) is 73.6 Å². The molecule has 1 saturated carbocycles. The van der Waals surface area contributed by atoms with Gasteiger partial charge in [-0.1, -0.05) is 57.5 Å². The molecule has 0 radical (unpaired) electrons. The molecular weight excluding hydrogens is 540 g/mol. The van der Waals surface area contributed by atoms with Gasteiger partial charge in [0.05, 0.1) is 18.8 Å². The quantitative estimate of drug-likeness (QED) is 0.150. The van der Waals surface area contributed by atoms with Crippen LogP contribution in [0.2, 0.25) is 0 Å². The zero-order chi connectivity index (χ0) is 31.4. The van der Waals surface area contributed by atoms with Crippen molar-refractivity contribution >= 4 is 17.4 Å². The van der Waals surface area contributed by atoms with Crippen LogP contribution in [-0.4, -0.2) is 48.7 Å². The van der Waals surface area contributed by atoms with Crippen molar-refractivity contribution in [2.24, 2.45) is 0 Å². The first kappa shape index (κ1) is 34.2. The number of hydrogen-bond acceptors (Lipinski definition) is 6. The van der Waals surface area contributed by atoms with Crippen molar-refractivity contribution < 1.29 is 23.8 Å². The summed E-state index contributed by atoms with van der Waals surface area (Å²) in [7, 11) is 1.80. The van der Waals surface area contributed by atoms with Crippen molar-refractivity contribution in [1.82, 2.24) is 10.2 Å². The van der Waals surface area contributed by atoms with Crippen molar-refractivity contribution in [3.8, 4) is 11.5 Å². The van der Waals surface area contributed by atoms with Gasteiger partial charge in [0.15, 0.2) is 0 Å². The minimum atomic E-state index is -0.799. The number of benzene rings is 2. The molecule has 0 spiro atoms. The van der Waals surface area contributed by atoms with Gasteiger partial charge < -0.3 is 19.1 Å². The van der Waals surface area contributed by atoms with Gasteiger partial charge in [-0.25, -0.2) is 0 Å². The Kier molecular flexibility index (Phi) is 13.1. The number of rotatable bonds is 17. The Morgan fingerprint density at radius 3 is 2.16 bits per heavy atom. The molecule has 1 fully saturated rings. The lowest BCUT2D eigenvalue weighted by Crippen LogP contribution is -2.48. The number of nitrogens with one attached hydrogen (secondary N) is 1. The summed E-state index contributed by atoms with van der Waals surface area (Å²) < 4.78 is 17.9. The second-order valence-electron chi connectivity index (χ2n) is 12.3. The van der Waals surface area contributed by atoms with Gasteiger partial charge in [-0.05, 0) is 82.1 Å². The normalized spacial score (nSPS) is 13.5. The van der Waals surface area contributed by atoms with Crippen LogP contribution in [-0.2, 0) is 22.6 Å². The maximum absolute atomic E-state index is 13.8. The van der Waals surface area contributed by atoms with E-state index in [9.17, 15) is 9.59 Å². The third-order valence-corrected chi connectivity index (χ3v) is 7.86. The molecule has 1 aliphatic carbocycles. The fraction of sp³-hybridized carbons (Fsp3) is 0.556. The molecular formula is C36H52N2O5. The molecule has 1 amide bonds. The van der Waals surface area contributed by atoms with Crippen LogP contribution in [0.5, 0.6) is 11.5 Å². The number of allylic oxidation sites excluding steroid dienone is 1. The number of esters is 1. The highest BCUT2D eigenvalue weighted by atomic mass is 16.5. The number of ether oxygens (including phenoxy) is 3. The monoisotopic (exact) mass is 592 g/mol. The van der Waals surface area contributed by atoms with Crippen LogP contribution < -0.4 is 14.8 Å². The Morgan fingerprint density at radius 1 is 0.953 bits per heavy atom. The second-order valence-corrected chi connectivity index (χ2v) is 12.3. The Labute approximate surface area is 259 Å². The standard InChI is InChI=1S/C36H52N2O5/c1-8-10-19-41-32-23-33(42-20-11-9-2)31(22-30(32)26(3)4)34(39)38(7)25-28-16-14-15-27(21-28)24-37-36(5,6)35(40)43-29-17-12-13-18-29/h14-16,21-23,29,37H,3,8-13,17-20,24-25H2,1-2,4-7H3. The summed E-state index contributed by atoms with van der Waals surface area (Å²) in [6.07, 6.45) is 8.06. The lowest BCUT2D eigenvalue weighted by Gasteiger charge is -2.26. The van der Waals surface area contributed by atoms with Crippen LogP contribution in [0.1, 0.15) is 113 Å². The first-order valence-electron chi connectivity index (χ1n) is 15.9. The number of hydrogen-bond donors (Lipinski definition) is 1.